The lowest BCUT2D eigenvalue weighted by molar-refractivity contribution is 0.0728. The Morgan fingerprint density at radius 2 is 1.50 bits per heavy atom. The molecule has 0 atom stereocenters. The molecule has 0 unspecified atom stereocenters. The van der Waals surface area contributed by atoms with E-state index in [9.17, 15) is 9.59 Å². The van der Waals surface area contributed by atoms with E-state index < -0.39 is 5.97 Å². The molecule has 150 valence electrons. The van der Waals surface area contributed by atoms with Crippen LogP contribution in [0, 0.1) is 0 Å². The largest absolute Gasteiger partial charge is 0.489 e. The number of fused-ring (bicyclic) bond motifs is 1. The van der Waals surface area contributed by atoms with Crippen LogP contribution in [-0.2, 0) is 13.2 Å². The Hall–Kier alpha value is -3.93. The van der Waals surface area contributed by atoms with Gasteiger partial charge in [0.25, 0.3) is 5.56 Å². The van der Waals surface area contributed by atoms with Crippen LogP contribution >= 0.6 is 0 Å². The summed E-state index contributed by atoms with van der Waals surface area (Å²) in [6.07, 6.45) is 0. The normalized spacial score (nSPS) is 10.7. The monoisotopic (exact) mass is 400 g/mol. The molecule has 6 heteroatoms. The topological polar surface area (TPSA) is 70.4 Å². The summed E-state index contributed by atoms with van der Waals surface area (Å²) < 4.78 is 12.5. The van der Waals surface area contributed by atoms with Crippen LogP contribution in [0.3, 0.4) is 0 Å². The molecule has 0 aliphatic rings. The molecule has 0 aliphatic carbocycles. The maximum Gasteiger partial charge on any atom is 0.364 e. The van der Waals surface area contributed by atoms with Crippen LogP contribution in [0.15, 0.2) is 83.7 Å². The van der Waals surface area contributed by atoms with Gasteiger partial charge in [-0.15, -0.1) is 0 Å². The van der Waals surface area contributed by atoms with Crippen LogP contribution in [0.5, 0.6) is 11.5 Å². The second-order valence-electron chi connectivity index (χ2n) is 6.65. The lowest BCUT2D eigenvalue weighted by atomic mass is 10.1. The zero-order valence-corrected chi connectivity index (χ0v) is 16.4. The average Bonchev–Trinajstić information content (AvgIpc) is 2.80. The number of esters is 1. The molecule has 1 heterocycles. The van der Waals surface area contributed by atoms with Gasteiger partial charge in [0.15, 0.2) is 5.69 Å². The molecule has 3 aromatic carbocycles. The zero-order chi connectivity index (χ0) is 20.9. The smallest absolute Gasteiger partial charge is 0.364 e. The average molecular weight is 400 g/mol. The summed E-state index contributed by atoms with van der Waals surface area (Å²) in [5.74, 6) is 0.417. The summed E-state index contributed by atoms with van der Waals surface area (Å²) >= 11 is 0. The van der Waals surface area contributed by atoms with E-state index in [4.69, 9.17) is 9.47 Å². The third kappa shape index (κ3) is 4.07. The molecule has 0 saturated heterocycles. The number of carbonyl (C=O) groups excluding carboxylic acids is 1. The Kier molecular flexibility index (Phi) is 5.57. The van der Waals surface area contributed by atoms with Crippen LogP contribution in [0.2, 0.25) is 0 Å². The van der Waals surface area contributed by atoms with Gasteiger partial charge in [0.2, 0.25) is 0 Å². The summed E-state index contributed by atoms with van der Waals surface area (Å²) in [6.45, 7) is 2.61. The number of aryl methyl sites for hydroxylation is 1. The van der Waals surface area contributed by atoms with Gasteiger partial charge in [-0.05, 0) is 42.8 Å². The molecule has 30 heavy (non-hydrogen) atoms. The maximum absolute atomic E-state index is 12.8. The summed E-state index contributed by atoms with van der Waals surface area (Å²) in [6, 6.07) is 23.6. The van der Waals surface area contributed by atoms with E-state index in [0.717, 1.165) is 5.56 Å². The van der Waals surface area contributed by atoms with Crippen LogP contribution in [-0.4, -0.2) is 15.7 Å². The standard InChI is InChI=1S/C24H20N2O4/c1-2-26-23(27)21-11-7-6-10-20(21)22(25-26)24(28)30-19-14-12-18(13-15-19)29-16-17-8-4-3-5-9-17/h3-15H,2,16H2,1H3. The van der Waals surface area contributed by atoms with Gasteiger partial charge in [0.05, 0.1) is 5.39 Å². The third-order valence-electron chi connectivity index (χ3n) is 4.64. The van der Waals surface area contributed by atoms with Crippen molar-refractivity contribution in [1.29, 1.82) is 0 Å². The van der Waals surface area contributed by atoms with Gasteiger partial charge in [-0.3, -0.25) is 4.79 Å². The van der Waals surface area contributed by atoms with Crippen LogP contribution in [0.1, 0.15) is 23.0 Å². The predicted octanol–water partition coefficient (Wildman–Crippen LogP) is 4.21. The molecule has 1 aromatic heterocycles. The number of hydrogen-bond donors (Lipinski definition) is 0. The quantitative estimate of drug-likeness (QED) is 0.358. The van der Waals surface area contributed by atoms with Crippen LogP contribution in [0.4, 0.5) is 0 Å². The molecule has 0 fully saturated rings. The van der Waals surface area contributed by atoms with E-state index in [1.54, 1.807) is 55.5 Å². The van der Waals surface area contributed by atoms with Crippen molar-refractivity contribution in [1.82, 2.24) is 9.78 Å². The van der Waals surface area contributed by atoms with E-state index in [1.165, 1.54) is 4.68 Å². The predicted molar refractivity (Wildman–Crippen MR) is 114 cm³/mol. The molecule has 0 bridgehead atoms. The van der Waals surface area contributed by atoms with Gasteiger partial charge < -0.3 is 9.47 Å². The first-order valence-corrected chi connectivity index (χ1v) is 9.64. The molecule has 0 aliphatic heterocycles. The number of benzene rings is 3. The Bertz CT molecular complexity index is 1230. The Labute approximate surface area is 173 Å². The van der Waals surface area contributed by atoms with Gasteiger partial charge in [-0.2, -0.15) is 5.10 Å². The van der Waals surface area contributed by atoms with Crippen molar-refractivity contribution in [3.63, 3.8) is 0 Å². The molecule has 0 radical (unpaired) electrons. The summed E-state index contributed by atoms with van der Waals surface area (Å²) in [4.78, 5) is 25.2. The van der Waals surface area contributed by atoms with Gasteiger partial charge in [0.1, 0.15) is 18.1 Å². The SMILES string of the molecule is CCn1nc(C(=O)Oc2ccc(OCc3ccccc3)cc2)c2ccccc2c1=O. The molecular weight excluding hydrogens is 380 g/mol. The number of carbonyl (C=O) groups is 1. The molecular formula is C24H20N2O4. The van der Waals surface area contributed by atoms with Crippen LogP contribution < -0.4 is 15.0 Å². The fourth-order valence-corrected chi connectivity index (χ4v) is 3.10. The fraction of sp³-hybridized carbons (Fsp3) is 0.125. The molecule has 0 N–H and O–H groups in total. The maximum atomic E-state index is 12.8. The van der Waals surface area contributed by atoms with Crippen molar-refractivity contribution in [2.24, 2.45) is 0 Å². The molecule has 0 spiro atoms. The van der Waals surface area contributed by atoms with E-state index in [2.05, 4.69) is 5.10 Å². The van der Waals surface area contributed by atoms with E-state index in [1.807, 2.05) is 30.3 Å². The minimum Gasteiger partial charge on any atom is -0.489 e. The van der Waals surface area contributed by atoms with Gasteiger partial charge in [0, 0.05) is 11.9 Å². The molecule has 4 aromatic rings. The van der Waals surface area contributed by atoms with Crippen molar-refractivity contribution in [2.75, 3.05) is 0 Å². The number of hydrogen-bond acceptors (Lipinski definition) is 5. The second-order valence-corrected chi connectivity index (χ2v) is 6.65. The Morgan fingerprint density at radius 3 is 2.20 bits per heavy atom. The molecule has 4 rings (SSSR count). The highest BCUT2D eigenvalue weighted by molar-refractivity contribution is 6.02. The van der Waals surface area contributed by atoms with Gasteiger partial charge in [-0.1, -0.05) is 48.5 Å². The first kappa shape index (κ1) is 19.4. The Morgan fingerprint density at radius 1 is 0.867 bits per heavy atom. The number of aromatic nitrogens is 2. The Balaban J connectivity index is 1.52. The number of ether oxygens (including phenoxy) is 2. The molecule has 0 saturated carbocycles. The van der Waals surface area contributed by atoms with Gasteiger partial charge in [-0.25, -0.2) is 9.48 Å². The highest BCUT2D eigenvalue weighted by Gasteiger charge is 2.18. The number of nitrogens with zero attached hydrogens (tertiary/aromatic N) is 2. The first-order valence-electron chi connectivity index (χ1n) is 9.64. The fourth-order valence-electron chi connectivity index (χ4n) is 3.10. The van der Waals surface area contributed by atoms with E-state index >= 15 is 0 Å². The van der Waals surface area contributed by atoms with E-state index in [0.29, 0.717) is 35.4 Å². The molecule has 6 nitrogen and oxygen atoms in total. The highest BCUT2D eigenvalue weighted by Crippen LogP contribution is 2.21. The van der Waals surface area contributed by atoms with E-state index in [-0.39, 0.29) is 11.3 Å². The van der Waals surface area contributed by atoms with Crippen molar-refractivity contribution < 1.29 is 14.3 Å². The van der Waals surface area contributed by atoms with Crippen molar-refractivity contribution in [3.05, 3.63) is 100 Å². The van der Waals surface area contributed by atoms with Crippen LogP contribution in [0.25, 0.3) is 10.8 Å². The summed E-state index contributed by atoms with van der Waals surface area (Å²) in [5.41, 5.74) is 0.943. The minimum atomic E-state index is -0.619. The zero-order valence-electron chi connectivity index (χ0n) is 16.4. The lowest BCUT2D eigenvalue weighted by Gasteiger charge is -2.10. The number of rotatable bonds is 6. The van der Waals surface area contributed by atoms with Crippen molar-refractivity contribution in [2.45, 2.75) is 20.1 Å². The van der Waals surface area contributed by atoms with Gasteiger partial charge >= 0.3 is 5.97 Å². The lowest BCUT2D eigenvalue weighted by Crippen LogP contribution is -2.26. The minimum absolute atomic E-state index is 0.108. The summed E-state index contributed by atoms with van der Waals surface area (Å²) in [5, 5.41) is 5.11. The highest BCUT2D eigenvalue weighted by atomic mass is 16.5. The second kappa shape index (κ2) is 8.61. The molecule has 0 amide bonds. The van der Waals surface area contributed by atoms with Crippen molar-refractivity contribution >= 4 is 16.7 Å². The van der Waals surface area contributed by atoms with Crippen molar-refractivity contribution in [3.8, 4) is 11.5 Å². The summed E-state index contributed by atoms with van der Waals surface area (Å²) in [7, 11) is 0. The third-order valence-corrected chi connectivity index (χ3v) is 4.64. The first-order chi connectivity index (χ1) is 14.7.